The third-order valence-electron chi connectivity index (χ3n) is 2.56. The van der Waals surface area contributed by atoms with Crippen LogP contribution in [0.15, 0.2) is 36.4 Å². The van der Waals surface area contributed by atoms with Gasteiger partial charge in [-0.25, -0.2) is 0 Å². The van der Waals surface area contributed by atoms with Gasteiger partial charge < -0.3 is 0 Å². The second-order valence-electron chi connectivity index (χ2n) is 3.95. The van der Waals surface area contributed by atoms with Crippen molar-refractivity contribution >= 4 is 40.6 Å². The summed E-state index contributed by atoms with van der Waals surface area (Å²) in [4.78, 5) is 12.3. The maximum Gasteiger partial charge on any atom is 0.193 e. The van der Waals surface area contributed by atoms with E-state index in [2.05, 4.69) is 0 Å². The average molecular weight is 300 g/mol. The zero-order valence-corrected chi connectivity index (χ0v) is 11.8. The third kappa shape index (κ3) is 2.86. The SMILES string of the molecule is Cc1cc(Cl)ccc1C(=O)c1cc(Cl)cc(Cl)c1. The van der Waals surface area contributed by atoms with Crippen molar-refractivity contribution in [2.75, 3.05) is 0 Å². The molecule has 0 heterocycles. The number of rotatable bonds is 2. The first-order chi connectivity index (χ1) is 8.47. The number of hydrogen-bond donors (Lipinski definition) is 0. The number of aryl methyl sites for hydroxylation is 1. The molecule has 0 saturated heterocycles. The predicted octanol–water partition coefficient (Wildman–Crippen LogP) is 5.19. The smallest absolute Gasteiger partial charge is 0.193 e. The number of ketones is 1. The van der Waals surface area contributed by atoms with Crippen molar-refractivity contribution < 1.29 is 4.79 Å². The minimum absolute atomic E-state index is 0.117. The Labute approximate surface area is 120 Å². The van der Waals surface area contributed by atoms with E-state index in [1.807, 2.05) is 6.92 Å². The molecule has 0 spiro atoms. The van der Waals surface area contributed by atoms with E-state index in [0.717, 1.165) is 5.56 Å². The molecular weight excluding hydrogens is 291 g/mol. The number of carbonyl (C=O) groups is 1. The van der Waals surface area contributed by atoms with Crippen LogP contribution in [0.3, 0.4) is 0 Å². The second kappa shape index (κ2) is 5.31. The molecule has 0 aliphatic carbocycles. The number of halogens is 3. The van der Waals surface area contributed by atoms with Gasteiger partial charge in [-0.05, 0) is 48.9 Å². The van der Waals surface area contributed by atoms with E-state index in [9.17, 15) is 4.79 Å². The van der Waals surface area contributed by atoms with Crippen molar-refractivity contribution in [3.8, 4) is 0 Å². The van der Waals surface area contributed by atoms with Crippen LogP contribution in [-0.4, -0.2) is 5.78 Å². The summed E-state index contributed by atoms with van der Waals surface area (Å²) in [5.74, 6) is -0.117. The van der Waals surface area contributed by atoms with E-state index in [1.54, 1.807) is 36.4 Å². The molecule has 0 bridgehead atoms. The van der Waals surface area contributed by atoms with Gasteiger partial charge in [-0.15, -0.1) is 0 Å². The molecule has 0 fully saturated rings. The Morgan fingerprint density at radius 1 is 0.889 bits per heavy atom. The van der Waals surface area contributed by atoms with Gasteiger partial charge >= 0.3 is 0 Å². The highest BCUT2D eigenvalue weighted by Crippen LogP contribution is 2.23. The molecule has 0 unspecified atom stereocenters. The van der Waals surface area contributed by atoms with Crippen LogP contribution in [0.25, 0.3) is 0 Å². The minimum atomic E-state index is -0.117. The topological polar surface area (TPSA) is 17.1 Å². The predicted molar refractivity (Wildman–Crippen MR) is 76.1 cm³/mol. The largest absolute Gasteiger partial charge is 0.289 e. The Kier molecular flexibility index (Phi) is 3.96. The fourth-order valence-electron chi connectivity index (χ4n) is 1.72. The summed E-state index contributed by atoms with van der Waals surface area (Å²) in [6.07, 6.45) is 0. The van der Waals surface area contributed by atoms with Crippen LogP contribution >= 0.6 is 34.8 Å². The minimum Gasteiger partial charge on any atom is -0.289 e. The molecule has 1 nitrogen and oxygen atoms in total. The van der Waals surface area contributed by atoms with Crippen LogP contribution in [0, 0.1) is 6.92 Å². The molecule has 0 aliphatic heterocycles. The molecule has 0 amide bonds. The summed E-state index contributed by atoms with van der Waals surface area (Å²) >= 11 is 17.6. The third-order valence-corrected chi connectivity index (χ3v) is 3.23. The summed E-state index contributed by atoms with van der Waals surface area (Å²) in [5, 5.41) is 1.49. The molecule has 0 atom stereocenters. The first-order valence-corrected chi connectivity index (χ1v) is 6.38. The Bertz CT molecular complexity index is 600. The molecule has 2 rings (SSSR count). The second-order valence-corrected chi connectivity index (χ2v) is 5.26. The Morgan fingerprint density at radius 3 is 2.06 bits per heavy atom. The van der Waals surface area contributed by atoms with Gasteiger partial charge in [0.25, 0.3) is 0 Å². The van der Waals surface area contributed by atoms with Gasteiger partial charge in [0.05, 0.1) is 0 Å². The standard InChI is InChI=1S/C14H9Cl3O/c1-8-4-10(15)2-3-13(8)14(18)9-5-11(16)7-12(17)6-9/h2-7H,1H3. The van der Waals surface area contributed by atoms with Crippen LogP contribution in [0.1, 0.15) is 21.5 Å². The molecule has 0 aliphatic rings. The maximum atomic E-state index is 12.3. The van der Waals surface area contributed by atoms with Crippen LogP contribution in [-0.2, 0) is 0 Å². The van der Waals surface area contributed by atoms with Crippen molar-refractivity contribution in [1.82, 2.24) is 0 Å². The molecular formula is C14H9Cl3O. The summed E-state index contributed by atoms with van der Waals surface area (Å²) in [5.41, 5.74) is 1.89. The molecule has 0 aromatic heterocycles. The maximum absolute atomic E-state index is 12.3. The van der Waals surface area contributed by atoms with E-state index in [4.69, 9.17) is 34.8 Å². The average Bonchev–Trinajstić information content (AvgIpc) is 2.26. The monoisotopic (exact) mass is 298 g/mol. The van der Waals surface area contributed by atoms with Crippen molar-refractivity contribution in [3.63, 3.8) is 0 Å². The molecule has 2 aromatic rings. The van der Waals surface area contributed by atoms with E-state index in [1.165, 1.54) is 0 Å². The fraction of sp³-hybridized carbons (Fsp3) is 0.0714. The van der Waals surface area contributed by atoms with Gasteiger partial charge in [0, 0.05) is 26.2 Å². The van der Waals surface area contributed by atoms with Crippen molar-refractivity contribution in [2.45, 2.75) is 6.92 Å². The molecule has 92 valence electrons. The van der Waals surface area contributed by atoms with Crippen molar-refractivity contribution in [1.29, 1.82) is 0 Å². The number of benzene rings is 2. The van der Waals surface area contributed by atoms with E-state index in [-0.39, 0.29) is 5.78 Å². The van der Waals surface area contributed by atoms with Crippen LogP contribution in [0.2, 0.25) is 15.1 Å². The highest BCUT2D eigenvalue weighted by Gasteiger charge is 2.13. The lowest BCUT2D eigenvalue weighted by atomic mass is 9.99. The van der Waals surface area contributed by atoms with E-state index >= 15 is 0 Å². The van der Waals surface area contributed by atoms with Crippen LogP contribution in [0.5, 0.6) is 0 Å². The lowest BCUT2D eigenvalue weighted by Gasteiger charge is -2.06. The normalized spacial score (nSPS) is 10.4. The molecule has 0 radical (unpaired) electrons. The van der Waals surface area contributed by atoms with Crippen molar-refractivity contribution in [2.24, 2.45) is 0 Å². The quantitative estimate of drug-likeness (QED) is 0.698. The molecule has 18 heavy (non-hydrogen) atoms. The van der Waals surface area contributed by atoms with Crippen LogP contribution < -0.4 is 0 Å². The van der Waals surface area contributed by atoms with Gasteiger partial charge in [-0.1, -0.05) is 34.8 Å². The van der Waals surface area contributed by atoms with Gasteiger partial charge in [-0.2, -0.15) is 0 Å². The number of hydrogen-bond acceptors (Lipinski definition) is 1. The zero-order valence-electron chi connectivity index (χ0n) is 9.51. The first kappa shape index (κ1) is 13.4. The Morgan fingerprint density at radius 2 is 1.50 bits per heavy atom. The van der Waals surface area contributed by atoms with Gasteiger partial charge in [-0.3, -0.25) is 4.79 Å². The lowest BCUT2D eigenvalue weighted by molar-refractivity contribution is 0.103. The first-order valence-electron chi connectivity index (χ1n) is 5.24. The summed E-state index contributed by atoms with van der Waals surface area (Å²) in [7, 11) is 0. The molecule has 4 heteroatoms. The van der Waals surface area contributed by atoms with Gasteiger partial charge in [0.1, 0.15) is 0 Å². The molecule has 2 aromatic carbocycles. The van der Waals surface area contributed by atoms with E-state index < -0.39 is 0 Å². The van der Waals surface area contributed by atoms with Crippen molar-refractivity contribution in [3.05, 3.63) is 68.2 Å². The van der Waals surface area contributed by atoms with Crippen LogP contribution in [0.4, 0.5) is 0 Å². The summed E-state index contributed by atoms with van der Waals surface area (Å²) < 4.78 is 0. The molecule has 0 N–H and O–H groups in total. The fourth-order valence-corrected chi connectivity index (χ4v) is 2.47. The Balaban J connectivity index is 2.47. The van der Waals surface area contributed by atoms with Gasteiger partial charge in [0.15, 0.2) is 5.78 Å². The highest BCUT2D eigenvalue weighted by molar-refractivity contribution is 6.35. The highest BCUT2D eigenvalue weighted by atomic mass is 35.5. The lowest BCUT2D eigenvalue weighted by Crippen LogP contribution is -2.03. The van der Waals surface area contributed by atoms with E-state index in [0.29, 0.717) is 26.2 Å². The summed E-state index contributed by atoms with van der Waals surface area (Å²) in [6, 6.07) is 9.94. The Hall–Kier alpha value is -1.02. The molecule has 0 saturated carbocycles. The summed E-state index contributed by atoms with van der Waals surface area (Å²) in [6.45, 7) is 1.84. The van der Waals surface area contributed by atoms with Gasteiger partial charge in [0.2, 0.25) is 0 Å². The zero-order chi connectivity index (χ0) is 13.3. The number of carbonyl (C=O) groups excluding carboxylic acids is 1.